The number of aliphatic carboxylic acids is 4. The highest BCUT2D eigenvalue weighted by atomic mass is 16.5. The first-order valence-corrected chi connectivity index (χ1v) is 33.0. The number of carboxylic acid groups (broad SMARTS) is 4. The van der Waals surface area contributed by atoms with Crippen molar-refractivity contribution in [3.63, 3.8) is 0 Å². The monoisotopic (exact) mass is 1410 g/mol. The van der Waals surface area contributed by atoms with Crippen LogP contribution in [0.3, 0.4) is 0 Å². The molecule has 2 aliphatic rings. The number of hydrogen-bond donors (Lipinski definition) is 15. The number of esters is 1. The lowest BCUT2D eigenvalue weighted by Gasteiger charge is -2.34. The van der Waals surface area contributed by atoms with E-state index >= 15 is 0 Å². The molecular weight excluding hydrogens is 1300 g/mol. The number of ether oxygens (including phenoxy) is 1. The number of aliphatic hydroxyl groups is 1. The number of amides is 11. The third kappa shape index (κ3) is 28.7. The van der Waals surface area contributed by atoms with E-state index in [1.54, 1.807) is 40.2 Å². The minimum absolute atomic E-state index is 0.0388. The molecule has 99 heavy (non-hydrogen) atoms. The smallest absolute Gasteiger partial charge is 0.335 e. The second-order valence-corrected chi connectivity index (χ2v) is 27.0. The van der Waals surface area contributed by atoms with Gasteiger partial charge in [0, 0.05) is 25.0 Å². The summed E-state index contributed by atoms with van der Waals surface area (Å²) in [7, 11) is 4.94. The summed E-state index contributed by atoms with van der Waals surface area (Å²) in [5.74, 6) is -27.3. The van der Waals surface area contributed by atoms with Crippen molar-refractivity contribution in [2.45, 2.75) is 200 Å². The van der Waals surface area contributed by atoms with Gasteiger partial charge in [0.05, 0.1) is 52.0 Å². The quantitative estimate of drug-likeness (QED) is 0.0115. The lowest BCUT2D eigenvalue weighted by molar-refractivity contribution is -0.873. The van der Waals surface area contributed by atoms with E-state index in [1.807, 2.05) is 22.9 Å². The Hall–Kier alpha value is -9.12. The van der Waals surface area contributed by atoms with Crippen LogP contribution >= 0.6 is 0 Å². The van der Waals surface area contributed by atoms with Crippen LogP contribution in [0.15, 0.2) is 24.3 Å². The number of carboxylic acids is 4. The maximum atomic E-state index is 15.0. The molecule has 0 aromatic rings. The molecule has 11 amide bonds. The Labute approximate surface area is 575 Å². The van der Waals surface area contributed by atoms with Gasteiger partial charge < -0.3 is 103 Å². The molecule has 0 aromatic carbocycles. The standard InChI is InChI=1S/C64H103N13O22/c1-14-33(6)21-17-15-16-18-23-42(78)70-48(35(8)62(94)95)57(89)74-50-37(10)67-55(87)41-25-34(7)29-76(41)61(93)47(32(4)5)73-58(90)49(36(9)64(98)99-38(26-44(80)81)30-77(11,12)13)71-43(79)28-66-53(85)40(27-45(82)83)69-60(92)51(52(84)63(96)97)75-54(86)39(22-19-20-24-65)68-56(88)46(31(2)3)72-59(50)91/h15-16,18,23,31-41,46-52,84H,14,17,19-22,24-30,65H2,1-13H3,(H13-,66,67,68,69,70,71,72,73,74,75,78,79,80,81,82,83,85,86,87,88,89,90,91,92,94,95,96,97)/b16-15-,23-18+/t33?,34-,35?,36?,37?,38?,39+,40+,41+,46-,47+,48+,49-,50+,51+,52?/m1/s1. The van der Waals surface area contributed by atoms with Crippen LogP contribution in [0.4, 0.5) is 0 Å². The van der Waals surface area contributed by atoms with Gasteiger partial charge in [-0.3, -0.25) is 67.1 Å². The highest BCUT2D eigenvalue weighted by molar-refractivity contribution is 6.02. The molecule has 35 heteroatoms. The van der Waals surface area contributed by atoms with Gasteiger partial charge in [-0.05, 0) is 89.5 Å². The van der Waals surface area contributed by atoms with Crippen molar-refractivity contribution < 1.29 is 111 Å². The number of aliphatic hydroxyl groups excluding tert-OH is 1. The van der Waals surface area contributed by atoms with Crippen molar-refractivity contribution in [3.8, 4) is 0 Å². The number of quaternary nitrogens is 1. The van der Waals surface area contributed by atoms with E-state index in [0.29, 0.717) is 12.3 Å². The summed E-state index contributed by atoms with van der Waals surface area (Å²) in [5, 5.41) is 75.7. The first-order chi connectivity index (χ1) is 46.0. The van der Waals surface area contributed by atoms with Crippen LogP contribution in [0.25, 0.3) is 0 Å². The van der Waals surface area contributed by atoms with Crippen molar-refractivity contribution >= 4 is 94.8 Å². The number of hydrogen-bond acceptors (Lipinski definition) is 20. The van der Waals surface area contributed by atoms with Crippen LogP contribution in [-0.4, -0.2) is 245 Å². The number of nitrogens with zero attached hydrogens (tertiary/aromatic N) is 2. The average molecular weight is 1410 g/mol. The maximum Gasteiger partial charge on any atom is 0.335 e. The summed E-state index contributed by atoms with van der Waals surface area (Å²) >= 11 is 0. The van der Waals surface area contributed by atoms with Crippen molar-refractivity contribution in [1.82, 2.24) is 58.1 Å². The Bertz CT molecular complexity index is 2970. The maximum absolute atomic E-state index is 15.0. The van der Waals surface area contributed by atoms with Gasteiger partial charge in [-0.25, -0.2) is 4.79 Å². The first kappa shape index (κ1) is 86.0. The number of likely N-dealkylation sites (N-methyl/N-ethyl adjacent to an activating group) is 1. The van der Waals surface area contributed by atoms with Gasteiger partial charge in [-0.2, -0.15) is 0 Å². The second kappa shape index (κ2) is 40.7. The number of unbranched alkanes of at least 4 members (excludes halogenated alkanes) is 1. The molecule has 6 unspecified atom stereocenters. The van der Waals surface area contributed by atoms with E-state index in [2.05, 4.69) is 44.1 Å². The fourth-order valence-electron chi connectivity index (χ4n) is 10.6. The second-order valence-electron chi connectivity index (χ2n) is 27.0. The number of nitrogens with one attached hydrogen (secondary N) is 10. The molecule has 0 bridgehead atoms. The van der Waals surface area contributed by atoms with E-state index < -0.39 is 216 Å². The van der Waals surface area contributed by atoms with Gasteiger partial charge in [0.1, 0.15) is 60.9 Å². The number of nitrogens with two attached hydrogens (primary N) is 1. The topological polar surface area (TPSA) is 536 Å². The highest BCUT2D eigenvalue weighted by Crippen LogP contribution is 2.26. The van der Waals surface area contributed by atoms with Crippen molar-refractivity contribution in [2.24, 2.45) is 41.2 Å². The lowest BCUT2D eigenvalue weighted by atomic mass is 9.97. The molecule has 16 N–H and O–H groups in total. The highest BCUT2D eigenvalue weighted by Gasteiger charge is 2.46. The molecule has 2 rings (SSSR count). The third-order valence-electron chi connectivity index (χ3n) is 16.6. The summed E-state index contributed by atoms with van der Waals surface area (Å²) in [6, 6.07) is -19.0. The number of carbonyl (C=O) groups is 16. The molecule has 0 radical (unpaired) electrons. The number of fused-ring (bicyclic) bond motifs is 1. The van der Waals surface area contributed by atoms with Gasteiger partial charge >= 0.3 is 23.9 Å². The zero-order chi connectivity index (χ0) is 75.5. The predicted molar refractivity (Wildman–Crippen MR) is 349 cm³/mol. The Kier molecular flexibility index (Phi) is 35.3. The summed E-state index contributed by atoms with van der Waals surface area (Å²) in [4.78, 5) is 222. The molecule has 0 aromatic heterocycles. The SMILES string of the molecule is CCC(C)CC/C=C\C=C\C(=O)N[C@H](C(=O)N[C@@H]1C(=O)N[C@H](C(C)C)C(=O)N[C@@H](CCCCN)C(=O)N[C@@H](C(O)C(=O)O)C(=O)N[C@@H](CC(=O)O)C(=O)NCC(=O)N[C@H](C(C)C(=O)OC(CC(=O)[O-])C[N+](C)(C)C)C(=O)N[C@@H](C(C)C)C(=O)N2C[C@H](C)C[C@H]2C(=O)NC1C)C(C)C(=O)O. The molecule has 556 valence electrons. The fourth-order valence-corrected chi connectivity index (χ4v) is 10.6. The van der Waals surface area contributed by atoms with E-state index in [1.165, 1.54) is 40.7 Å². The Balaban J connectivity index is 3.06. The van der Waals surface area contributed by atoms with Crippen LogP contribution < -0.4 is 64.0 Å². The summed E-state index contributed by atoms with van der Waals surface area (Å²) in [6.07, 6.45) is 1.73. The zero-order valence-electron chi connectivity index (χ0n) is 58.5. The van der Waals surface area contributed by atoms with Gasteiger partial charge in [0.15, 0.2) is 12.2 Å². The van der Waals surface area contributed by atoms with Crippen molar-refractivity contribution in [1.29, 1.82) is 0 Å². The van der Waals surface area contributed by atoms with Crippen LogP contribution in [-0.2, 0) is 81.4 Å². The van der Waals surface area contributed by atoms with Gasteiger partial charge in [0.25, 0.3) is 0 Å². The van der Waals surface area contributed by atoms with E-state index in [-0.39, 0.29) is 49.8 Å². The number of allylic oxidation sites excluding steroid dienone is 3. The van der Waals surface area contributed by atoms with Gasteiger partial charge in [0.2, 0.25) is 65.0 Å². The molecule has 0 saturated carbocycles. The largest absolute Gasteiger partial charge is 0.550 e. The summed E-state index contributed by atoms with van der Waals surface area (Å²) in [6.45, 7) is 13.7. The van der Waals surface area contributed by atoms with Gasteiger partial charge in [-0.15, -0.1) is 0 Å². The van der Waals surface area contributed by atoms with Crippen LogP contribution in [0.2, 0.25) is 0 Å². The normalized spacial score (nSPS) is 25.1. The summed E-state index contributed by atoms with van der Waals surface area (Å²) < 4.78 is 5.62. The van der Waals surface area contributed by atoms with Gasteiger partial charge in [-0.1, -0.05) is 73.1 Å². The zero-order valence-corrected chi connectivity index (χ0v) is 58.5. The minimum Gasteiger partial charge on any atom is -0.550 e. The molecule has 16 atom stereocenters. The van der Waals surface area contributed by atoms with Crippen LogP contribution in [0.1, 0.15) is 127 Å². The molecule has 2 fully saturated rings. The minimum atomic E-state index is -2.87. The molecule has 35 nitrogen and oxygen atoms in total. The van der Waals surface area contributed by atoms with Crippen LogP contribution in [0.5, 0.6) is 0 Å². The average Bonchev–Trinajstić information content (AvgIpc) is 1.74. The third-order valence-corrected chi connectivity index (χ3v) is 16.6. The van der Waals surface area contributed by atoms with E-state index in [9.17, 15) is 102 Å². The predicted octanol–water partition coefficient (Wildman–Crippen LogP) is -4.85. The molecule has 2 heterocycles. The number of carbonyl (C=O) groups excluding carboxylic acids is 13. The Morgan fingerprint density at radius 2 is 1.30 bits per heavy atom. The van der Waals surface area contributed by atoms with Crippen LogP contribution in [0, 0.1) is 35.5 Å². The molecule has 0 spiro atoms. The molecular formula is C64H103N13O22. The summed E-state index contributed by atoms with van der Waals surface area (Å²) in [5.41, 5.74) is 5.72. The molecule has 2 aliphatic heterocycles. The Morgan fingerprint density at radius 1 is 0.717 bits per heavy atom. The Morgan fingerprint density at radius 3 is 1.86 bits per heavy atom. The van der Waals surface area contributed by atoms with Crippen molar-refractivity contribution in [2.75, 3.05) is 47.3 Å². The van der Waals surface area contributed by atoms with E-state index in [0.717, 1.165) is 37.7 Å². The lowest BCUT2D eigenvalue weighted by Crippen LogP contribution is -2.65. The fraction of sp³-hybridized carbons (Fsp3) is 0.688. The number of rotatable bonds is 28. The first-order valence-electron chi connectivity index (χ1n) is 33.0. The van der Waals surface area contributed by atoms with Crippen molar-refractivity contribution in [3.05, 3.63) is 24.3 Å². The molecule has 0 aliphatic carbocycles. The van der Waals surface area contributed by atoms with E-state index in [4.69, 9.17) is 10.5 Å². The molecule has 2 saturated heterocycles.